The van der Waals surface area contributed by atoms with Crippen LogP contribution in [0.4, 0.5) is 5.69 Å². The van der Waals surface area contributed by atoms with Crippen LogP contribution in [-0.2, 0) is 9.47 Å². The third-order valence-electron chi connectivity index (χ3n) is 3.53. The second-order valence-corrected chi connectivity index (χ2v) is 4.97. The summed E-state index contributed by atoms with van der Waals surface area (Å²) in [6, 6.07) is 12.7. The highest BCUT2D eigenvalue weighted by atomic mass is 16.5. The number of hydrogen-bond donors (Lipinski definition) is 0. The topological polar surface area (TPSA) is 72.9 Å². The molecule has 0 aliphatic rings. The number of carbonyl (C=O) groups is 3. The van der Waals surface area contributed by atoms with E-state index in [1.165, 1.54) is 31.3 Å². The van der Waals surface area contributed by atoms with Gasteiger partial charge in [-0.25, -0.2) is 9.59 Å². The molecule has 0 unspecified atom stereocenters. The number of nitrogens with zero attached hydrogens (tertiary/aromatic N) is 1. The minimum absolute atomic E-state index is 0.239. The maximum Gasteiger partial charge on any atom is 0.337 e. The molecule has 6 nitrogen and oxygen atoms in total. The van der Waals surface area contributed by atoms with Crippen LogP contribution in [-0.4, -0.2) is 39.1 Å². The van der Waals surface area contributed by atoms with Crippen LogP contribution < -0.4 is 4.90 Å². The van der Waals surface area contributed by atoms with Crippen molar-refractivity contribution in [3.8, 4) is 0 Å². The summed E-state index contributed by atoms with van der Waals surface area (Å²) in [4.78, 5) is 36.8. The monoisotopic (exact) mass is 327 g/mol. The third kappa shape index (κ3) is 3.60. The maximum atomic E-state index is 12.5. The van der Waals surface area contributed by atoms with E-state index in [1.54, 1.807) is 43.4 Å². The Morgan fingerprint density at radius 2 is 1.08 bits per heavy atom. The number of amides is 1. The summed E-state index contributed by atoms with van der Waals surface area (Å²) >= 11 is 0. The predicted molar refractivity (Wildman–Crippen MR) is 88.3 cm³/mol. The summed E-state index contributed by atoms with van der Waals surface area (Å²) in [5.41, 5.74) is 1.84. The van der Waals surface area contributed by atoms with Crippen LogP contribution in [0.15, 0.2) is 48.5 Å². The fraction of sp³-hybridized carbons (Fsp3) is 0.167. The van der Waals surface area contributed by atoms with Gasteiger partial charge in [-0.15, -0.1) is 0 Å². The third-order valence-corrected chi connectivity index (χ3v) is 3.53. The van der Waals surface area contributed by atoms with Crippen LogP contribution in [0.3, 0.4) is 0 Å². The Morgan fingerprint density at radius 1 is 0.708 bits per heavy atom. The van der Waals surface area contributed by atoms with E-state index >= 15 is 0 Å². The number of rotatable bonds is 4. The average Bonchev–Trinajstić information content (AvgIpc) is 2.65. The minimum atomic E-state index is -0.458. The van der Waals surface area contributed by atoms with Gasteiger partial charge in [-0.05, 0) is 48.5 Å². The number of esters is 2. The normalized spacial score (nSPS) is 9.96. The molecule has 0 bridgehead atoms. The SMILES string of the molecule is COC(=O)c1ccc(C(=O)N(C)c2ccc(C(=O)OC)cc2)cc1. The van der Waals surface area contributed by atoms with E-state index in [1.807, 2.05) is 0 Å². The number of anilines is 1. The molecule has 24 heavy (non-hydrogen) atoms. The summed E-state index contributed by atoms with van der Waals surface area (Å²) in [6.45, 7) is 0. The van der Waals surface area contributed by atoms with E-state index in [4.69, 9.17) is 0 Å². The summed E-state index contributed by atoms with van der Waals surface area (Å²) in [5, 5.41) is 0. The van der Waals surface area contributed by atoms with Crippen LogP contribution in [0.5, 0.6) is 0 Å². The average molecular weight is 327 g/mol. The first kappa shape index (κ1) is 17.2. The molecule has 0 N–H and O–H groups in total. The van der Waals surface area contributed by atoms with Gasteiger partial charge in [0.15, 0.2) is 0 Å². The van der Waals surface area contributed by atoms with Crippen molar-refractivity contribution in [2.75, 3.05) is 26.2 Å². The van der Waals surface area contributed by atoms with E-state index in [-0.39, 0.29) is 5.91 Å². The number of ether oxygens (including phenoxy) is 2. The zero-order valence-electron chi connectivity index (χ0n) is 13.6. The second kappa shape index (κ2) is 7.41. The first-order chi connectivity index (χ1) is 11.5. The molecule has 0 fully saturated rings. The van der Waals surface area contributed by atoms with Gasteiger partial charge in [0.1, 0.15) is 0 Å². The largest absolute Gasteiger partial charge is 0.465 e. The molecule has 0 aliphatic heterocycles. The van der Waals surface area contributed by atoms with Gasteiger partial charge in [-0.1, -0.05) is 0 Å². The van der Waals surface area contributed by atoms with Gasteiger partial charge in [0.05, 0.1) is 25.3 Å². The Balaban J connectivity index is 2.17. The molecule has 0 atom stereocenters. The van der Waals surface area contributed by atoms with Gasteiger partial charge in [0.2, 0.25) is 0 Å². The van der Waals surface area contributed by atoms with Gasteiger partial charge in [-0.2, -0.15) is 0 Å². The van der Waals surface area contributed by atoms with E-state index in [0.29, 0.717) is 22.4 Å². The van der Waals surface area contributed by atoms with Crippen LogP contribution >= 0.6 is 0 Å². The lowest BCUT2D eigenvalue weighted by atomic mass is 10.1. The van der Waals surface area contributed by atoms with Crippen molar-refractivity contribution in [1.82, 2.24) is 0 Å². The zero-order chi connectivity index (χ0) is 17.7. The van der Waals surface area contributed by atoms with Crippen molar-refractivity contribution in [2.24, 2.45) is 0 Å². The molecular weight excluding hydrogens is 310 g/mol. The summed E-state index contributed by atoms with van der Waals surface area (Å²) in [5.74, 6) is -1.13. The summed E-state index contributed by atoms with van der Waals surface area (Å²) in [7, 11) is 4.24. The first-order valence-electron chi connectivity index (χ1n) is 7.12. The molecule has 2 aromatic rings. The Kier molecular flexibility index (Phi) is 5.31. The Hall–Kier alpha value is -3.15. The summed E-state index contributed by atoms with van der Waals surface area (Å²) in [6.07, 6.45) is 0. The number of carbonyl (C=O) groups excluding carboxylic acids is 3. The molecular formula is C18H17NO5. The van der Waals surface area contributed by atoms with Gasteiger partial charge >= 0.3 is 11.9 Å². The zero-order valence-corrected chi connectivity index (χ0v) is 13.6. The van der Waals surface area contributed by atoms with Crippen molar-refractivity contribution in [2.45, 2.75) is 0 Å². The molecule has 0 saturated carbocycles. The first-order valence-corrected chi connectivity index (χ1v) is 7.12. The van der Waals surface area contributed by atoms with Gasteiger partial charge < -0.3 is 14.4 Å². The van der Waals surface area contributed by atoms with Crippen molar-refractivity contribution >= 4 is 23.5 Å². The van der Waals surface area contributed by atoms with Crippen molar-refractivity contribution in [1.29, 1.82) is 0 Å². The minimum Gasteiger partial charge on any atom is -0.465 e. The molecule has 0 heterocycles. The smallest absolute Gasteiger partial charge is 0.337 e. The van der Waals surface area contributed by atoms with Crippen LogP contribution in [0.1, 0.15) is 31.1 Å². The van der Waals surface area contributed by atoms with Crippen LogP contribution in [0.2, 0.25) is 0 Å². The van der Waals surface area contributed by atoms with Gasteiger partial charge in [0, 0.05) is 18.3 Å². The van der Waals surface area contributed by atoms with Crippen molar-refractivity contribution < 1.29 is 23.9 Å². The molecule has 2 rings (SSSR count). The van der Waals surface area contributed by atoms with E-state index in [0.717, 1.165) is 0 Å². The fourth-order valence-electron chi connectivity index (χ4n) is 2.12. The van der Waals surface area contributed by atoms with E-state index in [9.17, 15) is 14.4 Å². The Labute approximate surface area is 139 Å². The van der Waals surface area contributed by atoms with Crippen LogP contribution in [0.25, 0.3) is 0 Å². The van der Waals surface area contributed by atoms with Crippen LogP contribution in [0, 0.1) is 0 Å². The van der Waals surface area contributed by atoms with Gasteiger partial charge in [-0.3, -0.25) is 4.79 Å². The molecule has 0 aliphatic carbocycles. The van der Waals surface area contributed by atoms with Crippen molar-refractivity contribution in [3.63, 3.8) is 0 Å². The second-order valence-electron chi connectivity index (χ2n) is 4.97. The predicted octanol–water partition coefficient (Wildman–Crippen LogP) is 2.54. The highest BCUT2D eigenvalue weighted by Crippen LogP contribution is 2.17. The standard InChI is InChI=1S/C18H17NO5/c1-19(15-10-8-14(9-11-15)18(22)24-3)16(20)12-4-6-13(7-5-12)17(21)23-2/h4-11H,1-3H3. The molecule has 6 heteroatoms. The highest BCUT2D eigenvalue weighted by Gasteiger charge is 2.15. The molecule has 124 valence electrons. The number of hydrogen-bond acceptors (Lipinski definition) is 5. The molecule has 1 amide bonds. The molecule has 0 spiro atoms. The summed E-state index contributed by atoms with van der Waals surface area (Å²) < 4.78 is 9.26. The van der Waals surface area contributed by atoms with Crippen molar-refractivity contribution in [3.05, 3.63) is 65.2 Å². The maximum absolute atomic E-state index is 12.5. The Morgan fingerprint density at radius 3 is 1.50 bits per heavy atom. The molecule has 0 saturated heterocycles. The highest BCUT2D eigenvalue weighted by molar-refractivity contribution is 6.06. The lowest BCUT2D eigenvalue weighted by Crippen LogP contribution is -2.26. The van der Waals surface area contributed by atoms with Gasteiger partial charge in [0.25, 0.3) is 5.91 Å². The lowest BCUT2D eigenvalue weighted by Gasteiger charge is -2.17. The van der Waals surface area contributed by atoms with E-state index in [2.05, 4.69) is 9.47 Å². The molecule has 2 aromatic carbocycles. The molecule has 0 aromatic heterocycles. The lowest BCUT2D eigenvalue weighted by molar-refractivity contribution is 0.0592. The molecule has 0 radical (unpaired) electrons. The Bertz CT molecular complexity index is 750. The fourth-order valence-corrected chi connectivity index (χ4v) is 2.12. The number of methoxy groups -OCH3 is 2. The quantitative estimate of drug-likeness (QED) is 0.807. The van der Waals surface area contributed by atoms with E-state index < -0.39 is 11.9 Å². The number of benzene rings is 2.